The number of rotatable bonds is 2. The molecule has 2 aliphatic rings. The molecule has 0 saturated heterocycles. The van der Waals surface area contributed by atoms with Gasteiger partial charge in [0.1, 0.15) is 12.4 Å². The van der Waals surface area contributed by atoms with Crippen molar-refractivity contribution in [2.75, 3.05) is 6.61 Å². The topological polar surface area (TPSA) is 38.3 Å². The van der Waals surface area contributed by atoms with Crippen molar-refractivity contribution in [1.82, 2.24) is 5.32 Å². The molecule has 0 radical (unpaired) electrons. The highest BCUT2D eigenvalue weighted by Gasteiger charge is 2.28. The summed E-state index contributed by atoms with van der Waals surface area (Å²) >= 11 is 5.99. The van der Waals surface area contributed by atoms with Crippen molar-refractivity contribution in [2.45, 2.75) is 38.1 Å². The Labute approximate surface area is 118 Å². The predicted molar refractivity (Wildman–Crippen MR) is 74.5 cm³/mol. The third-order valence-corrected chi connectivity index (χ3v) is 4.24. The molecule has 3 nitrogen and oxygen atoms in total. The van der Waals surface area contributed by atoms with Crippen LogP contribution in [0.2, 0.25) is 5.02 Å². The zero-order valence-corrected chi connectivity index (χ0v) is 11.6. The van der Waals surface area contributed by atoms with Gasteiger partial charge in [-0.25, -0.2) is 0 Å². The Balaban J connectivity index is 1.65. The number of carbonyl (C=O) groups is 1. The fraction of sp³-hybridized carbons (Fsp3) is 0.533. The van der Waals surface area contributed by atoms with E-state index in [1.54, 1.807) is 0 Å². The van der Waals surface area contributed by atoms with Gasteiger partial charge in [-0.15, -0.1) is 0 Å². The molecule has 1 aromatic carbocycles. The number of nitrogens with one attached hydrogen (secondary N) is 1. The van der Waals surface area contributed by atoms with Crippen LogP contribution >= 0.6 is 11.6 Å². The van der Waals surface area contributed by atoms with Crippen molar-refractivity contribution < 1.29 is 9.53 Å². The van der Waals surface area contributed by atoms with Gasteiger partial charge in [0, 0.05) is 11.1 Å². The van der Waals surface area contributed by atoms with Crippen LogP contribution in [0.1, 0.15) is 31.2 Å². The third kappa shape index (κ3) is 2.86. The summed E-state index contributed by atoms with van der Waals surface area (Å²) in [6, 6.07) is 5.96. The third-order valence-electron chi connectivity index (χ3n) is 4.00. The molecule has 1 unspecified atom stereocenters. The van der Waals surface area contributed by atoms with E-state index >= 15 is 0 Å². The van der Waals surface area contributed by atoms with Crippen LogP contribution < -0.4 is 10.1 Å². The highest BCUT2D eigenvalue weighted by atomic mass is 35.5. The minimum Gasteiger partial charge on any atom is -0.492 e. The molecule has 1 saturated carbocycles. The average Bonchev–Trinajstić information content (AvgIpc) is 2.90. The van der Waals surface area contributed by atoms with E-state index in [1.807, 2.05) is 18.2 Å². The molecule has 1 aromatic rings. The van der Waals surface area contributed by atoms with Crippen molar-refractivity contribution in [1.29, 1.82) is 0 Å². The van der Waals surface area contributed by atoms with E-state index in [0.29, 0.717) is 24.1 Å². The van der Waals surface area contributed by atoms with Crippen LogP contribution in [0.15, 0.2) is 18.2 Å². The highest BCUT2D eigenvalue weighted by molar-refractivity contribution is 6.30. The van der Waals surface area contributed by atoms with E-state index in [1.165, 1.54) is 12.8 Å². The van der Waals surface area contributed by atoms with Gasteiger partial charge in [-0.1, -0.05) is 24.4 Å². The first-order valence-electron chi connectivity index (χ1n) is 6.94. The van der Waals surface area contributed by atoms with E-state index in [-0.39, 0.29) is 11.8 Å². The second-order valence-corrected chi connectivity index (χ2v) is 5.89. The number of amides is 1. The number of benzene rings is 1. The van der Waals surface area contributed by atoms with Gasteiger partial charge in [-0.05, 0) is 43.0 Å². The predicted octanol–water partition coefficient (Wildman–Crippen LogP) is 2.95. The van der Waals surface area contributed by atoms with Crippen molar-refractivity contribution >= 4 is 17.5 Å². The van der Waals surface area contributed by atoms with Gasteiger partial charge in [0.15, 0.2) is 0 Å². The monoisotopic (exact) mass is 279 g/mol. The molecular weight excluding hydrogens is 262 g/mol. The number of hydrogen-bond donors (Lipinski definition) is 1. The normalized spacial score (nSPS) is 22.7. The number of hydrogen-bond acceptors (Lipinski definition) is 2. The van der Waals surface area contributed by atoms with Gasteiger partial charge in [0.2, 0.25) is 5.91 Å². The highest BCUT2D eigenvalue weighted by Crippen LogP contribution is 2.30. The summed E-state index contributed by atoms with van der Waals surface area (Å²) in [7, 11) is 0. The molecule has 1 aliphatic heterocycles. The van der Waals surface area contributed by atoms with Crippen LogP contribution in [-0.4, -0.2) is 18.6 Å². The van der Waals surface area contributed by atoms with Crippen molar-refractivity contribution in [2.24, 2.45) is 5.92 Å². The Morgan fingerprint density at radius 3 is 2.89 bits per heavy atom. The summed E-state index contributed by atoms with van der Waals surface area (Å²) in [5.41, 5.74) is 1.03. The maximum absolute atomic E-state index is 12.2. The Morgan fingerprint density at radius 1 is 1.32 bits per heavy atom. The van der Waals surface area contributed by atoms with Gasteiger partial charge in [0.25, 0.3) is 0 Å². The molecule has 1 amide bonds. The smallest absolute Gasteiger partial charge is 0.227 e. The van der Waals surface area contributed by atoms with E-state index in [2.05, 4.69) is 5.32 Å². The number of halogens is 1. The molecule has 102 valence electrons. The van der Waals surface area contributed by atoms with Crippen LogP contribution in [0.3, 0.4) is 0 Å². The molecule has 4 heteroatoms. The maximum atomic E-state index is 12.2. The van der Waals surface area contributed by atoms with Gasteiger partial charge < -0.3 is 10.1 Å². The summed E-state index contributed by atoms with van der Waals surface area (Å²) in [4.78, 5) is 12.2. The first-order chi connectivity index (χ1) is 9.22. The van der Waals surface area contributed by atoms with Crippen LogP contribution in [0.4, 0.5) is 0 Å². The van der Waals surface area contributed by atoms with E-state index in [4.69, 9.17) is 16.3 Å². The fourth-order valence-corrected chi connectivity index (χ4v) is 3.12. The Bertz CT molecular complexity index is 483. The molecule has 1 fully saturated rings. The second-order valence-electron chi connectivity index (χ2n) is 5.45. The van der Waals surface area contributed by atoms with Crippen molar-refractivity contribution in [3.8, 4) is 5.75 Å². The molecule has 1 atom stereocenters. The molecule has 3 rings (SSSR count). The molecule has 0 spiro atoms. The first kappa shape index (κ1) is 12.8. The lowest BCUT2D eigenvalue weighted by atomic mass is 9.95. The van der Waals surface area contributed by atoms with Crippen LogP contribution in [-0.2, 0) is 11.2 Å². The number of ether oxygens (including phenoxy) is 1. The Kier molecular flexibility index (Phi) is 3.65. The van der Waals surface area contributed by atoms with Crippen molar-refractivity contribution in [3.05, 3.63) is 28.8 Å². The van der Waals surface area contributed by atoms with Gasteiger partial charge in [-0.2, -0.15) is 0 Å². The van der Waals surface area contributed by atoms with Crippen molar-refractivity contribution in [3.63, 3.8) is 0 Å². The number of carbonyl (C=O) groups excluding carboxylic acids is 1. The maximum Gasteiger partial charge on any atom is 0.227 e. The van der Waals surface area contributed by atoms with E-state index < -0.39 is 0 Å². The minimum absolute atomic E-state index is 0.0911. The van der Waals surface area contributed by atoms with Gasteiger partial charge in [-0.3, -0.25) is 4.79 Å². The molecule has 1 heterocycles. The molecule has 1 N–H and O–H groups in total. The Morgan fingerprint density at radius 2 is 2.11 bits per heavy atom. The van der Waals surface area contributed by atoms with Crippen LogP contribution in [0.25, 0.3) is 0 Å². The summed E-state index contributed by atoms with van der Waals surface area (Å²) in [5, 5.41) is 3.84. The van der Waals surface area contributed by atoms with Gasteiger partial charge >= 0.3 is 0 Å². The lowest BCUT2D eigenvalue weighted by Gasteiger charge is -2.26. The molecule has 1 aliphatic carbocycles. The molecular formula is C15H18ClNO2. The van der Waals surface area contributed by atoms with E-state index in [0.717, 1.165) is 24.2 Å². The van der Waals surface area contributed by atoms with E-state index in [9.17, 15) is 4.79 Å². The number of fused-ring (bicyclic) bond motifs is 1. The quantitative estimate of drug-likeness (QED) is 0.904. The average molecular weight is 280 g/mol. The largest absolute Gasteiger partial charge is 0.492 e. The standard InChI is InChI=1S/C15H18ClNO2/c16-12-5-6-14-10(8-12)7-11(9-19-14)15(18)17-13-3-1-2-4-13/h5-6,8,11,13H,1-4,7,9H2,(H,17,18). The lowest BCUT2D eigenvalue weighted by Crippen LogP contribution is -2.41. The summed E-state index contributed by atoms with van der Waals surface area (Å²) in [6.07, 6.45) is 5.40. The zero-order valence-electron chi connectivity index (χ0n) is 10.8. The summed E-state index contributed by atoms with van der Waals surface area (Å²) < 4.78 is 5.66. The summed E-state index contributed by atoms with van der Waals surface area (Å²) in [6.45, 7) is 0.465. The minimum atomic E-state index is -0.0911. The first-order valence-corrected chi connectivity index (χ1v) is 7.32. The van der Waals surface area contributed by atoms with Crippen LogP contribution in [0, 0.1) is 5.92 Å². The molecule has 19 heavy (non-hydrogen) atoms. The molecule has 0 bridgehead atoms. The van der Waals surface area contributed by atoms with Gasteiger partial charge in [0.05, 0.1) is 5.92 Å². The Hall–Kier alpha value is -1.22. The summed E-state index contributed by atoms with van der Waals surface area (Å²) in [5.74, 6) is 0.887. The van der Waals surface area contributed by atoms with Crippen LogP contribution in [0.5, 0.6) is 5.75 Å². The second kappa shape index (κ2) is 5.41. The fourth-order valence-electron chi connectivity index (χ4n) is 2.92. The lowest BCUT2D eigenvalue weighted by molar-refractivity contribution is -0.127. The SMILES string of the molecule is O=C(NC1CCCC1)C1COc2ccc(Cl)cc2C1. The zero-order chi connectivity index (χ0) is 13.2. The molecule has 0 aromatic heterocycles.